The zero-order valence-corrected chi connectivity index (χ0v) is 8.62. The van der Waals surface area contributed by atoms with Gasteiger partial charge in [-0.2, -0.15) is 0 Å². The number of rotatable bonds is 2. The van der Waals surface area contributed by atoms with Crippen molar-refractivity contribution in [1.29, 1.82) is 0 Å². The summed E-state index contributed by atoms with van der Waals surface area (Å²) in [7, 11) is 0. The van der Waals surface area contributed by atoms with Gasteiger partial charge in [0.2, 0.25) is 0 Å². The molecule has 72 valence electrons. The molecule has 1 aliphatic rings. The van der Waals surface area contributed by atoms with E-state index in [0.29, 0.717) is 0 Å². The number of aromatic nitrogens is 4. The molecule has 0 N–H and O–H groups in total. The molecule has 0 spiro atoms. The third-order valence-electron chi connectivity index (χ3n) is 2.79. The molecule has 5 heteroatoms. The summed E-state index contributed by atoms with van der Waals surface area (Å²) < 4.78 is 1.88. The predicted molar refractivity (Wildman–Crippen MR) is 49.6 cm³/mol. The van der Waals surface area contributed by atoms with Crippen LogP contribution in [-0.2, 0) is 5.54 Å². The molecule has 4 nitrogen and oxygen atoms in total. The zero-order valence-electron chi connectivity index (χ0n) is 7.87. The molecule has 1 aromatic rings. The van der Waals surface area contributed by atoms with Crippen LogP contribution in [0.15, 0.2) is 0 Å². The minimum Gasteiger partial charge on any atom is -0.222 e. The first-order chi connectivity index (χ1) is 6.13. The monoisotopic (exact) mass is 200 g/mol. The third-order valence-corrected chi connectivity index (χ3v) is 2.99. The molecule has 0 saturated heterocycles. The van der Waals surface area contributed by atoms with Crippen molar-refractivity contribution in [2.75, 3.05) is 0 Å². The van der Waals surface area contributed by atoms with E-state index in [1.807, 2.05) is 11.6 Å². The van der Waals surface area contributed by atoms with Crippen molar-refractivity contribution in [2.24, 2.45) is 0 Å². The molecule has 1 heterocycles. The van der Waals surface area contributed by atoms with E-state index in [4.69, 9.17) is 11.6 Å². The molecule has 2 rings (SSSR count). The third kappa shape index (κ3) is 1.33. The number of hydrogen-bond acceptors (Lipinski definition) is 3. The molecule has 1 aliphatic carbocycles. The second kappa shape index (κ2) is 2.94. The van der Waals surface area contributed by atoms with Crippen LogP contribution in [0.3, 0.4) is 0 Å². The lowest BCUT2D eigenvalue weighted by molar-refractivity contribution is 0.141. The van der Waals surface area contributed by atoms with Crippen molar-refractivity contribution in [3.05, 3.63) is 5.82 Å². The minimum atomic E-state index is -0.118. The maximum absolute atomic E-state index is 5.97. The van der Waals surface area contributed by atoms with Crippen molar-refractivity contribution >= 4 is 11.6 Å². The Morgan fingerprint density at radius 3 is 2.69 bits per heavy atom. The number of alkyl halides is 1. The van der Waals surface area contributed by atoms with Gasteiger partial charge in [0.1, 0.15) is 0 Å². The van der Waals surface area contributed by atoms with Crippen molar-refractivity contribution in [2.45, 2.75) is 44.0 Å². The fourth-order valence-corrected chi connectivity index (χ4v) is 1.86. The summed E-state index contributed by atoms with van der Waals surface area (Å²) in [5, 5.41) is 11.5. The van der Waals surface area contributed by atoms with Gasteiger partial charge in [0.25, 0.3) is 0 Å². The van der Waals surface area contributed by atoms with Crippen molar-refractivity contribution in [3.8, 4) is 0 Å². The predicted octanol–water partition coefficient (Wildman–Crippen LogP) is 1.87. The molecule has 1 unspecified atom stereocenters. The smallest absolute Gasteiger partial charge is 0.169 e. The molecule has 1 atom stereocenters. The van der Waals surface area contributed by atoms with Gasteiger partial charge in [-0.15, -0.1) is 16.7 Å². The van der Waals surface area contributed by atoms with Crippen molar-refractivity contribution < 1.29 is 0 Å². The van der Waals surface area contributed by atoms with E-state index in [-0.39, 0.29) is 10.9 Å². The molecule has 1 fully saturated rings. The van der Waals surface area contributed by atoms with Gasteiger partial charge < -0.3 is 0 Å². The summed E-state index contributed by atoms with van der Waals surface area (Å²) in [5.74, 6) is 0.781. The van der Waals surface area contributed by atoms with Crippen LogP contribution in [0.25, 0.3) is 0 Å². The van der Waals surface area contributed by atoms with E-state index in [0.717, 1.165) is 18.7 Å². The minimum absolute atomic E-state index is 0.113. The lowest BCUT2D eigenvalue weighted by Crippen LogP contribution is -2.39. The normalized spacial score (nSPS) is 22.4. The average molecular weight is 201 g/mol. The quantitative estimate of drug-likeness (QED) is 0.685. The van der Waals surface area contributed by atoms with Crippen LogP contribution < -0.4 is 0 Å². The Hall–Kier alpha value is -0.640. The molecule has 0 aromatic carbocycles. The van der Waals surface area contributed by atoms with Crippen LogP contribution in [0.2, 0.25) is 0 Å². The molecule has 1 saturated carbocycles. The van der Waals surface area contributed by atoms with Crippen molar-refractivity contribution in [3.63, 3.8) is 0 Å². The SMILES string of the molecule is CC(Cl)c1nnnn1C1(C)CCC1. The second-order valence-electron chi connectivity index (χ2n) is 3.92. The number of hydrogen-bond donors (Lipinski definition) is 0. The number of nitrogens with zero attached hydrogens (tertiary/aromatic N) is 4. The molecule has 0 radical (unpaired) electrons. The Kier molecular flexibility index (Phi) is 2.02. The summed E-state index contributed by atoms with van der Waals surface area (Å²) in [5.41, 5.74) is 0.113. The van der Waals surface area contributed by atoms with Crippen LogP contribution in [0.5, 0.6) is 0 Å². The standard InChI is InChI=1S/C8H13ClN4/c1-6(9)7-10-11-12-13(7)8(2)4-3-5-8/h6H,3-5H2,1-2H3. The highest BCUT2D eigenvalue weighted by molar-refractivity contribution is 6.20. The summed E-state index contributed by atoms with van der Waals surface area (Å²) in [6, 6.07) is 0. The fraction of sp³-hybridized carbons (Fsp3) is 0.875. The molecule has 0 bridgehead atoms. The number of halogens is 1. The van der Waals surface area contributed by atoms with Gasteiger partial charge in [0.15, 0.2) is 5.82 Å². The van der Waals surface area contributed by atoms with Crippen LogP contribution in [-0.4, -0.2) is 20.2 Å². The zero-order chi connectivity index (χ0) is 9.47. The molecular formula is C8H13ClN4. The van der Waals surface area contributed by atoms with Gasteiger partial charge in [-0.25, -0.2) is 4.68 Å². The maximum Gasteiger partial charge on any atom is 0.169 e. The van der Waals surface area contributed by atoms with Crippen LogP contribution in [0.4, 0.5) is 0 Å². The number of tetrazole rings is 1. The van der Waals surface area contributed by atoms with E-state index in [1.165, 1.54) is 6.42 Å². The Morgan fingerprint density at radius 2 is 2.23 bits per heavy atom. The Balaban J connectivity index is 2.34. The summed E-state index contributed by atoms with van der Waals surface area (Å²) in [6.07, 6.45) is 3.55. The van der Waals surface area contributed by atoms with Gasteiger partial charge in [-0.3, -0.25) is 0 Å². The molecular weight excluding hydrogens is 188 g/mol. The summed E-state index contributed by atoms with van der Waals surface area (Å²) in [4.78, 5) is 0. The maximum atomic E-state index is 5.97. The lowest BCUT2D eigenvalue weighted by atomic mass is 9.78. The highest BCUT2D eigenvalue weighted by Gasteiger charge is 2.37. The highest BCUT2D eigenvalue weighted by Crippen LogP contribution is 2.39. The molecule has 13 heavy (non-hydrogen) atoms. The highest BCUT2D eigenvalue weighted by atomic mass is 35.5. The van der Waals surface area contributed by atoms with Crippen LogP contribution in [0.1, 0.15) is 44.3 Å². The molecule has 0 aliphatic heterocycles. The van der Waals surface area contributed by atoms with Gasteiger partial charge in [0, 0.05) is 0 Å². The summed E-state index contributed by atoms with van der Waals surface area (Å²) in [6.45, 7) is 4.07. The first-order valence-corrected chi connectivity index (χ1v) is 5.00. The van der Waals surface area contributed by atoms with E-state index < -0.39 is 0 Å². The van der Waals surface area contributed by atoms with E-state index in [1.54, 1.807) is 0 Å². The van der Waals surface area contributed by atoms with E-state index in [2.05, 4.69) is 22.4 Å². The van der Waals surface area contributed by atoms with Gasteiger partial charge in [-0.1, -0.05) is 0 Å². The Labute approximate surface area is 82.3 Å². The van der Waals surface area contributed by atoms with Gasteiger partial charge >= 0.3 is 0 Å². The second-order valence-corrected chi connectivity index (χ2v) is 4.57. The van der Waals surface area contributed by atoms with Gasteiger partial charge in [-0.05, 0) is 43.5 Å². The Morgan fingerprint density at radius 1 is 1.54 bits per heavy atom. The van der Waals surface area contributed by atoms with E-state index in [9.17, 15) is 0 Å². The molecule has 0 amide bonds. The van der Waals surface area contributed by atoms with Crippen LogP contribution >= 0.6 is 11.6 Å². The summed E-state index contributed by atoms with van der Waals surface area (Å²) >= 11 is 5.97. The Bertz CT molecular complexity index is 303. The van der Waals surface area contributed by atoms with Crippen molar-refractivity contribution in [1.82, 2.24) is 20.2 Å². The average Bonchev–Trinajstić information content (AvgIpc) is 2.47. The van der Waals surface area contributed by atoms with Crippen LogP contribution in [0, 0.1) is 0 Å². The topological polar surface area (TPSA) is 43.6 Å². The fourth-order valence-electron chi connectivity index (χ4n) is 1.73. The largest absolute Gasteiger partial charge is 0.222 e. The molecule has 1 aromatic heterocycles. The van der Waals surface area contributed by atoms with Gasteiger partial charge in [0.05, 0.1) is 10.9 Å². The van der Waals surface area contributed by atoms with E-state index >= 15 is 0 Å². The first kappa shape index (κ1) is 8.94. The first-order valence-electron chi connectivity index (χ1n) is 4.56. The lowest BCUT2D eigenvalue weighted by Gasteiger charge is -2.38.